The third kappa shape index (κ3) is 6.97. The fraction of sp³-hybridized carbons (Fsp3) is 0.467. The summed E-state index contributed by atoms with van der Waals surface area (Å²) < 4.78 is 68.0. The first-order valence-corrected chi connectivity index (χ1v) is 15.6. The number of H-pyrrole nitrogens is 1. The van der Waals surface area contributed by atoms with Gasteiger partial charge in [-0.15, -0.1) is 0 Å². The Kier molecular flexibility index (Phi) is 9.67. The lowest BCUT2D eigenvalue weighted by Crippen LogP contribution is -2.37. The summed E-state index contributed by atoms with van der Waals surface area (Å²) in [4.78, 5) is 29.2. The number of anilines is 1. The number of pyridine rings is 1. The van der Waals surface area contributed by atoms with Crippen molar-refractivity contribution in [2.24, 2.45) is 0 Å². The predicted molar refractivity (Wildman–Crippen MR) is 157 cm³/mol. The number of benzene rings is 2. The maximum Gasteiger partial charge on any atom is 0.417 e. The van der Waals surface area contributed by atoms with Crippen LogP contribution in [0.2, 0.25) is 0 Å². The zero-order valence-corrected chi connectivity index (χ0v) is 24.8. The molecule has 8 nitrogen and oxygen atoms in total. The third-order valence-corrected chi connectivity index (χ3v) is 9.75. The van der Waals surface area contributed by atoms with E-state index in [4.69, 9.17) is 0 Å². The number of amides is 1. The fourth-order valence-electron chi connectivity index (χ4n) is 5.57. The summed E-state index contributed by atoms with van der Waals surface area (Å²) in [6, 6.07) is 11.2. The van der Waals surface area contributed by atoms with Crippen LogP contribution in [0.15, 0.2) is 58.2 Å². The smallest absolute Gasteiger partial charge is 0.366 e. The first-order chi connectivity index (χ1) is 19.8. The number of alkyl halides is 3. The van der Waals surface area contributed by atoms with E-state index < -0.39 is 27.3 Å². The molecule has 4 rings (SSSR count). The van der Waals surface area contributed by atoms with Crippen molar-refractivity contribution in [2.75, 3.05) is 25.0 Å². The quantitative estimate of drug-likeness (QED) is 0.279. The molecule has 2 heterocycles. The molecule has 2 aromatic carbocycles. The lowest BCUT2D eigenvalue weighted by Gasteiger charge is -2.31. The van der Waals surface area contributed by atoms with Crippen LogP contribution in [-0.4, -0.2) is 55.8 Å². The van der Waals surface area contributed by atoms with E-state index in [1.54, 1.807) is 13.1 Å². The van der Waals surface area contributed by atoms with Crippen molar-refractivity contribution in [1.29, 1.82) is 0 Å². The number of nitrogens with zero attached hydrogens (tertiary/aromatic N) is 2. The van der Waals surface area contributed by atoms with Crippen molar-refractivity contribution in [2.45, 2.75) is 75.5 Å². The summed E-state index contributed by atoms with van der Waals surface area (Å²) >= 11 is 0. The molecule has 0 spiro atoms. The molecule has 42 heavy (non-hydrogen) atoms. The van der Waals surface area contributed by atoms with Gasteiger partial charge in [-0.2, -0.15) is 13.2 Å². The van der Waals surface area contributed by atoms with Gasteiger partial charge in [0.2, 0.25) is 15.6 Å². The highest BCUT2D eigenvalue weighted by atomic mass is 32.2. The average molecular weight is 607 g/mol. The maximum atomic E-state index is 13.7. The molecular weight excluding hydrogens is 569 g/mol. The van der Waals surface area contributed by atoms with Gasteiger partial charge in [-0.05, 0) is 75.1 Å². The van der Waals surface area contributed by atoms with Gasteiger partial charge in [0.15, 0.2) is 0 Å². The Morgan fingerprint density at radius 1 is 1.10 bits per heavy atom. The minimum absolute atomic E-state index is 0.00869. The number of sulfonamides is 1. The summed E-state index contributed by atoms with van der Waals surface area (Å²) in [5.74, 6) is -0.336. The molecule has 1 aliphatic heterocycles. The second kappa shape index (κ2) is 12.9. The van der Waals surface area contributed by atoms with Gasteiger partial charge in [-0.3, -0.25) is 9.59 Å². The Morgan fingerprint density at radius 2 is 1.81 bits per heavy atom. The van der Waals surface area contributed by atoms with E-state index in [9.17, 15) is 31.2 Å². The van der Waals surface area contributed by atoms with Crippen LogP contribution in [-0.2, 0) is 16.2 Å². The number of hydrogen-bond donors (Lipinski definition) is 2. The molecule has 0 aliphatic carbocycles. The number of fused-ring (bicyclic) bond motifs is 1. The van der Waals surface area contributed by atoms with Gasteiger partial charge in [0.25, 0.3) is 5.91 Å². The van der Waals surface area contributed by atoms with Gasteiger partial charge in [0, 0.05) is 60.4 Å². The Balaban J connectivity index is 1.41. The van der Waals surface area contributed by atoms with Crippen molar-refractivity contribution in [1.82, 2.24) is 14.6 Å². The lowest BCUT2D eigenvalue weighted by atomic mass is 10.1. The van der Waals surface area contributed by atoms with Crippen molar-refractivity contribution in [3.63, 3.8) is 0 Å². The minimum Gasteiger partial charge on any atom is -0.366 e. The topological polar surface area (TPSA) is 103 Å². The summed E-state index contributed by atoms with van der Waals surface area (Å²) in [5.41, 5.74) is -0.700. The number of unbranched alkanes of at least 4 members (excludes halogenated alkanes) is 2. The summed E-state index contributed by atoms with van der Waals surface area (Å²) in [6.45, 7) is 4.82. The van der Waals surface area contributed by atoms with Gasteiger partial charge in [-0.1, -0.05) is 19.8 Å². The van der Waals surface area contributed by atoms with Crippen LogP contribution >= 0.6 is 0 Å². The Labute approximate surface area is 244 Å². The van der Waals surface area contributed by atoms with Crippen LogP contribution in [0.5, 0.6) is 0 Å². The van der Waals surface area contributed by atoms with E-state index in [-0.39, 0.29) is 33.8 Å². The number of rotatable bonds is 11. The van der Waals surface area contributed by atoms with Crippen molar-refractivity contribution < 1.29 is 26.4 Å². The van der Waals surface area contributed by atoms with Crippen LogP contribution in [0.4, 0.5) is 18.9 Å². The average Bonchev–Trinajstić information content (AvgIpc) is 3.31. The molecule has 1 aliphatic rings. The van der Waals surface area contributed by atoms with Gasteiger partial charge in [-0.25, -0.2) is 12.7 Å². The van der Waals surface area contributed by atoms with E-state index in [1.165, 1.54) is 40.7 Å². The Hall–Kier alpha value is -3.38. The van der Waals surface area contributed by atoms with Crippen molar-refractivity contribution in [3.05, 3.63) is 70.0 Å². The van der Waals surface area contributed by atoms with Gasteiger partial charge in [0.1, 0.15) is 0 Å². The zero-order chi connectivity index (χ0) is 30.7. The SMILES string of the molecule is CCCCCN(C)S(=O)(=O)c1ccc(C(=O)NCCC2CCC(C)N2c2ccc3[nH]c(=O)cc(C(F)(F)F)c3c2)cc1. The minimum atomic E-state index is -4.67. The highest BCUT2D eigenvalue weighted by molar-refractivity contribution is 7.89. The molecular formula is C30H37F3N4O4S. The van der Waals surface area contributed by atoms with Gasteiger partial charge in [0.05, 0.1) is 10.5 Å². The van der Waals surface area contributed by atoms with Crippen molar-refractivity contribution >= 4 is 32.5 Å². The summed E-state index contributed by atoms with van der Waals surface area (Å²) in [6.07, 6.45) is 0.270. The molecule has 0 bridgehead atoms. The maximum absolute atomic E-state index is 13.7. The fourth-order valence-corrected chi connectivity index (χ4v) is 6.78. The molecule has 0 radical (unpaired) electrons. The Morgan fingerprint density at radius 3 is 2.48 bits per heavy atom. The number of halogens is 3. The van der Waals surface area contributed by atoms with E-state index >= 15 is 0 Å². The normalized spacial score (nSPS) is 17.7. The number of aromatic amines is 1. The third-order valence-electron chi connectivity index (χ3n) is 7.88. The molecule has 1 aromatic heterocycles. The van der Waals surface area contributed by atoms with E-state index in [0.29, 0.717) is 36.8 Å². The largest absolute Gasteiger partial charge is 0.417 e. The molecule has 2 N–H and O–H groups in total. The molecule has 1 fully saturated rings. The van der Waals surface area contributed by atoms with Gasteiger partial charge < -0.3 is 15.2 Å². The first-order valence-electron chi connectivity index (χ1n) is 14.2. The molecule has 0 saturated carbocycles. The van der Waals surface area contributed by atoms with Crippen LogP contribution in [0.1, 0.15) is 68.3 Å². The zero-order valence-electron chi connectivity index (χ0n) is 24.0. The molecule has 3 aromatic rings. The molecule has 1 saturated heterocycles. The highest BCUT2D eigenvalue weighted by Gasteiger charge is 2.35. The van der Waals surface area contributed by atoms with Gasteiger partial charge >= 0.3 is 6.18 Å². The van der Waals surface area contributed by atoms with Crippen LogP contribution in [0.3, 0.4) is 0 Å². The number of hydrogen-bond acceptors (Lipinski definition) is 5. The number of carbonyl (C=O) groups excluding carboxylic acids is 1. The molecule has 1 amide bonds. The number of aromatic nitrogens is 1. The van der Waals surface area contributed by atoms with E-state index in [2.05, 4.69) is 15.2 Å². The van der Waals surface area contributed by atoms with Crippen molar-refractivity contribution in [3.8, 4) is 0 Å². The highest BCUT2D eigenvalue weighted by Crippen LogP contribution is 2.37. The molecule has 228 valence electrons. The molecule has 2 atom stereocenters. The number of nitrogens with one attached hydrogen (secondary N) is 2. The lowest BCUT2D eigenvalue weighted by molar-refractivity contribution is -0.136. The van der Waals surface area contributed by atoms with E-state index in [0.717, 1.165) is 32.1 Å². The van der Waals surface area contributed by atoms with E-state index in [1.807, 2.05) is 13.8 Å². The number of carbonyl (C=O) groups is 1. The van der Waals surface area contributed by atoms with Crippen LogP contribution in [0.25, 0.3) is 10.9 Å². The summed E-state index contributed by atoms with van der Waals surface area (Å²) in [7, 11) is -2.09. The summed E-state index contributed by atoms with van der Waals surface area (Å²) in [5, 5.41) is 2.81. The van der Waals surface area contributed by atoms with Crippen LogP contribution in [0, 0.1) is 0 Å². The molecule has 2 unspecified atom stereocenters. The molecule has 12 heteroatoms. The van der Waals surface area contributed by atoms with Crippen LogP contribution < -0.4 is 15.8 Å². The predicted octanol–water partition coefficient (Wildman–Crippen LogP) is 5.54. The Bertz CT molecular complexity index is 1570. The second-order valence-electron chi connectivity index (χ2n) is 10.9. The standard InChI is InChI=1S/C30H37F3N4O4S/c1-4-5-6-17-36(3)42(40,41)24-12-8-21(9-13-24)29(39)34-16-15-22-10-7-20(2)37(22)23-11-14-27-25(18-23)26(30(31,32)33)19-28(38)35-27/h8-9,11-14,18-20,22H,4-7,10,15-17H2,1-3H3,(H,34,39)(H,35,38). The first kappa shape index (κ1) is 31.6. The second-order valence-corrected chi connectivity index (χ2v) is 12.9. The monoisotopic (exact) mass is 606 g/mol.